The molecule has 0 atom stereocenters. The van der Waals surface area contributed by atoms with Gasteiger partial charge in [-0.1, -0.05) is 12.1 Å². The first-order valence-electron chi connectivity index (χ1n) is 7.26. The Morgan fingerprint density at radius 2 is 1.76 bits per heavy atom. The second-order valence-electron chi connectivity index (χ2n) is 5.31. The molecule has 1 heterocycles. The Kier molecular flexibility index (Phi) is 4.44. The van der Waals surface area contributed by atoms with Crippen molar-refractivity contribution in [3.8, 4) is 0 Å². The van der Waals surface area contributed by atoms with Crippen molar-refractivity contribution in [1.82, 2.24) is 0 Å². The number of nitrogens with one attached hydrogen (secondary N) is 1. The average Bonchev–Trinajstić information content (AvgIpc) is 3.04. The smallest absolute Gasteiger partial charge is 0.137 e. The van der Waals surface area contributed by atoms with Crippen molar-refractivity contribution in [2.24, 2.45) is 0 Å². The molecule has 2 aromatic carbocycles. The summed E-state index contributed by atoms with van der Waals surface area (Å²) in [5, 5.41) is 3.33. The molecule has 2 aromatic rings. The lowest BCUT2D eigenvalue weighted by molar-refractivity contribution is 0.618. The first kappa shape index (κ1) is 14.4. The maximum atomic E-state index is 13.5. The van der Waals surface area contributed by atoms with Gasteiger partial charge in [0.25, 0.3) is 0 Å². The Labute approximate surface area is 133 Å². The molecule has 1 N–H and O–H groups in total. The van der Waals surface area contributed by atoms with E-state index in [1.807, 2.05) is 6.07 Å². The van der Waals surface area contributed by atoms with Crippen LogP contribution in [-0.4, -0.2) is 13.1 Å². The van der Waals surface area contributed by atoms with Crippen LogP contribution in [0.2, 0.25) is 0 Å². The second kappa shape index (κ2) is 6.48. The van der Waals surface area contributed by atoms with E-state index in [1.165, 1.54) is 24.6 Å². The molecule has 110 valence electrons. The van der Waals surface area contributed by atoms with Gasteiger partial charge >= 0.3 is 0 Å². The third-order valence-corrected chi connectivity index (χ3v) is 4.74. The molecule has 0 amide bonds. The molecule has 0 spiro atoms. The molecular weight excluding hydrogens is 331 g/mol. The molecule has 0 bridgehead atoms. The van der Waals surface area contributed by atoms with Gasteiger partial charge in [0, 0.05) is 31.0 Å². The molecule has 0 unspecified atom stereocenters. The van der Waals surface area contributed by atoms with E-state index in [-0.39, 0.29) is 5.82 Å². The van der Waals surface area contributed by atoms with Crippen LogP contribution in [0.15, 0.2) is 46.9 Å². The molecular formula is C17H18BrFN2. The highest BCUT2D eigenvalue weighted by atomic mass is 79.9. The molecule has 0 radical (unpaired) electrons. The molecule has 3 rings (SSSR count). The van der Waals surface area contributed by atoms with Gasteiger partial charge in [-0.15, -0.1) is 0 Å². The van der Waals surface area contributed by atoms with Crippen molar-refractivity contribution in [2.75, 3.05) is 23.3 Å². The third-order valence-electron chi connectivity index (χ3n) is 3.85. The predicted octanol–water partition coefficient (Wildman–Crippen LogP) is 4.80. The summed E-state index contributed by atoms with van der Waals surface area (Å²) < 4.78 is 14.0. The normalized spacial score (nSPS) is 14.5. The SMILES string of the molecule is Fc1cccc(CNc2ccc(N3CCCC3)cc2)c1Br. The first-order valence-corrected chi connectivity index (χ1v) is 8.05. The summed E-state index contributed by atoms with van der Waals surface area (Å²) in [6, 6.07) is 13.6. The number of halogens is 2. The van der Waals surface area contributed by atoms with Crippen molar-refractivity contribution < 1.29 is 4.39 Å². The summed E-state index contributed by atoms with van der Waals surface area (Å²) in [5.74, 6) is -0.223. The lowest BCUT2D eigenvalue weighted by Gasteiger charge is -2.18. The third kappa shape index (κ3) is 3.38. The molecule has 0 aliphatic carbocycles. The molecule has 0 aromatic heterocycles. The summed E-state index contributed by atoms with van der Waals surface area (Å²) in [5.41, 5.74) is 3.25. The lowest BCUT2D eigenvalue weighted by Crippen LogP contribution is -2.17. The lowest BCUT2D eigenvalue weighted by atomic mass is 10.2. The molecule has 1 saturated heterocycles. The van der Waals surface area contributed by atoms with Crippen LogP contribution in [0.25, 0.3) is 0 Å². The van der Waals surface area contributed by atoms with Gasteiger partial charge in [0.15, 0.2) is 0 Å². The maximum Gasteiger partial charge on any atom is 0.137 e. The summed E-state index contributed by atoms with van der Waals surface area (Å²) in [6.07, 6.45) is 2.57. The number of anilines is 2. The minimum Gasteiger partial charge on any atom is -0.381 e. The van der Waals surface area contributed by atoms with Crippen molar-refractivity contribution in [1.29, 1.82) is 0 Å². The minimum absolute atomic E-state index is 0.223. The average molecular weight is 349 g/mol. The van der Waals surface area contributed by atoms with E-state index < -0.39 is 0 Å². The Morgan fingerprint density at radius 1 is 1.05 bits per heavy atom. The molecule has 1 fully saturated rings. The van der Waals surface area contributed by atoms with Crippen molar-refractivity contribution >= 4 is 27.3 Å². The zero-order valence-electron chi connectivity index (χ0n) is 11.8. The predicted molar refractivity (Wildman–Crippen MR) is 89.3 cm³/mol. The largest absolute Gasteiger partial charge is 0.381 e. The van der Waals surface area contributed by atoms with Crippen LogP contribution in [0.4, 0.5) is 15.8 Å². The van der Waals surface area contributed by atoms with Crippen LogP contribution in [0.1, 0.15) is 18.4 Å². The number of benzene rings is 2. The number of nitrogens with zero attached hydrogens (tertiary/aromatic N) is 1. The quantitative estimate of drug-likeness (QED) is 0.853. The van der Waals surface area contributed by atoms with E-state index in [1.54, 1.807) is 6.07 Å². The van der Waals surface area contributed by atoms with Gasteiger partial charge in [-0.25, -0.2) is 4.39 Å². The molecule has 1 aliphatic heterocycles. The second-order valence-corrected chi connectivity index (χ2v) is 6.10. The van der Waals surface area contributed by atoms with E-state index in [2.05, 4.69) is 50.4 Å². The summed E-state index contributed by atoms with van der Waals surface area (Å²) in [6.45, 7) is 2.91. The van der Waals surface area contributed by atoms with E-state index in [4.69, 9.17) is 0 Å². The van der Waals surface area contributed by atoms with Crippen LogP contribution in [0.3, 0.4) is 0 Å². The highest BCUT2D eigenvalue weighted by Gasteiger charge is 2.11. The fraction of sp³-hybridized carbons (Fsp3) is 0.294. The van der Waals surface area contributed by atoms with Crippen LogP contribution in [0, 0.1) is 5.82 Å². The van der Waals surface area contributed by atoms with Crippen molar-refractivity contribution in [3.05, 3.63) is 58.3 Å². The zero-order valence-corrected chi connectivity index (χ0v) is 13.4. The minimum atomic E-state index is -0.223. The number of hydrogen-bond donors (Lipinski definition) is 1. The Morgan fingerprint density at radius 3 is 2.48 bits per heavy atom. The Hall–Kier alpha value is -1.55. The van der Waals surface area contributed by atoms with E-state index in [9.17, 15) is 4.39 Å². The molecule has 21 heavy (non-hydrogen) atoms. The zero-order chi connectivity index (χ0) is 14.7. The Balaban J connectivity index is 1.64. The van der Waals surface area contributed by atoms with Gasteiger partial charge in [0.05, 0.1) is 4.47 Å². The summed E-state index contributed by atoms with van der Waals surface area (Å²) in [7, 11) is 0. The molecule has 1 aliphatic rings. The fourth-order valence-corrected chi connectivity index (χ4v) is 3.05. The molecule has 4 heteroatoms. The van der Waals surface area contributed by atoms with Gasteiger partial charge in [-0.3, -0.25) is 0 Å². The Bertz CT molecular complexity index is 607. The van der Waals surface area contributed by atoms with Gasteiger partial charge in [0.2, 0.25) is 0 Å². The number of rotatable bonds is 4. The highest BCUT2D eigenvalue weighted by molar-refractivity contribution is 9.10. The standard InChI is InChI=1S/C17H18BrFN2/c18-17-13(4-3-5-16(17)19)12-20-14-6-8-15(9-7-14)21-10-1-2-11-21/h3-9,20H,1-2,10-12H2. The van der Waals surface area contributed by atoms with E-state index in [0.29, 0.717) is 11.0 Å². The van der Waals surface area contributed by atoms with Gasteiger partial charge < -0.3 is 10.2 Å². The maximum absolute atomic E-state index is 13.5. The molecule has 2 nitrogen and oxygen atoms in total. The van der Waals surface area contributed by atoms with Crippen molar-refractivity contribution in [3.63, 3.8) is 0 Å². The fourth-order valence-electron chi connectivity index (χ4n) is 2.65. The topological polar surface area (TPSA) is 15.3 Å². The number of hydrogen-bond acceptors (Lipinski definition) is 2. The molecule has 0 saturated carbocycles. The van der Waals surface area contributed by atoms with Crippen LogP contribution in [0.5, 0.6) is 0 Å². The monoisotopic (exact) mass is 348 g/mol. The summed E-state index contributed by atoms with van der Waals surface area (Å²) >= 11 is 3.29. The van der Waals surface area contributed by atoms with E-state index >= 15 is 0 Å². The first-order chi connectivity index (χ1) is 10.2. The summed E-state index contributed by atoms with van der Waals surface area (Å²) in [4.78, 5) is 2.41. The van der Waals surface area contributed by atoms with Crippen LogP contribution in [-0.2, 0) is 6.54 Å². The highest BCUT2D eigenvalue weighted by Crippen LogP contribution is 2.24. The van der Waals surface area contributed by atoms with Gasteiger partial charge in [-0.2, -0.15) is 0 Å². The van der Waals surface area contributed by atoms with Crippen LogP contribution < -0.4 is 10.2 Å². The van der Waals surface area contributed by atoms with E-state index in [0.717, 1.165) is 24.3 Å². The van der Waals surface area contributed by atoms with Gasteiger partial charge in [-0.05, 0) is 64.7 Å². The van der Waals surface area contributed by atoms with Gasteiger partial charge in [0.1, 0.15) is 5.82 Å². The van der Waals surface area contributed by atoms with Crippen molar-refractivity contribution in [2.45, 2.75) is 19.4 Å². The van der Waals surface area contributed by atoms with Crippen LogP contribution >= 0.6 is 15.9 Å².